The van der Waals surface area contributed by atoms with E-state index in [1.807, 2.05) is 6.07 Å². The fraction of sp³-hybridized carbons (Fsp3) is 0.312. The van der Waals surface area contributed by atoms with Crippen LogP contribution < -0.4 is 10.1 Å². The van der Waals surface area contributed by atoms with E-state index < -0.39 is 0 Å². The van der Waals surface area contributed by atoms with Crippen LogP contribution in [-0.4, -0.2) is 11.0 Å². The predicted molar refractivity (Wildman–Crippen MR) is 77.4 cm³/mol. The van der Waals surface area contributed by atoms with E-state index in [4.69, 9.17) is 4.74 Å². The zero-order valence-corrected chi connectivity index (χ0v) is 12.0. The molecule has 2 rings (SSSR count). The van der Waals surface area contributed by atoms with Crippen molar-refractivity contribution < 1.29 is 9.13 Å². The molecule has 0 atom stereocenters. The maximum atomic E-state index is 13.5. The minimum absolute atomic E-state index is 0.270. The molecule has 20 heavy (non-hydrogen) atoms. The quantitative estimate of drug-likeness (QED) is 0.900. The number of rotatable bonds is 5. The summed E-state index contributed by atoms with van der Waals surface area (Å²) >= 11 is 0. The summed E-state index contributed by atoms with van der Waals surface area (Å²) in [5, 5.41) is 3.33. The van der Waals surface area contributed by atoms with Crippen LogP contribution in [0.3, 0.4) is 0 Å². The van der Waals surface area contributed by atoms with Gasteiger partial charge in [-0.25, -0.2) is 4.39 Å². The minimum atomic E-state index is -0.270. The second-order valence-corrected chi connectivity index (χ2v) is 5.03. The van der Waals surface area contributed by atoms with Crippen molar-refractivity contribution in [2.75, 3.05) is 0 Å². The van der Waals surface area contributed by atoms with Crippen LogP contribution in [0.2, 0.25) is 0 Å². The summed E-state index contributed by atoms with van der Waals surface area (Å²) in [7, 11) is 0. The monoisotopic (exact) mass is 274 g/mol. The highest BCUT2D eigenvalue weighted by Gasteiger charge is 2.07. The number of aryl methyl sites for hydroxylation is 1. The predicted octanol–water partition coefficient (Wildman–Crippen LogP) is 3.82. The van der Waals surface area contributed by atoms with Crippen molar-refractivity contribution in [3.8, 4) is 11.5 Å². The molecule has 0 aliphatic heterocycles. The Hall–Kier alpha value is -1.94. The van der Waals surface area contributed by atoms with Gasteiger partial charge in [0.2, 0.25) is 0 Å². The molecule has 0 aliphatic carbocycles. The summed E-state index contributed by atoms with van der Waals surface area (Å²) in [4.78, 5) is 4.06. The first kappa shape index (κ1) is 14.5. The average Bonchev–Trinajstić information content (AvgIpc) is 2.42. The Kier molecular flexibility index (Phi) is 4.69. The molecule has 0 unspecified atom stereocenters. The van der Waals surface area contributed by atoms with Gasteiger partial charge in [0, 0.05) is 30.4 Å². The first-order valence-electron chi connectivity index (χ1n) is 6.66. The van der Waals surface area contributed by atoms with Crippen LogP contribution >= 0.6 is 0 Å². The van der Waals surface area contributed by atoms with E-state index in [2.05, 4.69) is 24.1 Å². The van der Waals surface area contributed by atoms with E-state index >= 15 is 0 Å². The van der Waals surface area contributed by atoms with Gasteiger partial charge in [0.05, 0.1) is 6.20 Å². The molecule has 0 amide bonds. The normalized spacial score (nSPS) is 10.8. The van der Waals surface area contributed by atoms with Gasteiger partial charge >= 0.3 is 0 Å². The maximum absolute atomic E-state index is 13.5. The van der Waals surface area contributed by atoms with Crippen LogP contribution in [-0.2, 0) is 6.54 Å². The zero-order chi connectivity index (χ0) is 14.5. The van der Waals surface area contributed by atoms with E-state index in [-0.39, 0.29) is 5.82 Å². The van der Waals surface area contributed by atoms with Crippen molar-refractivity contribution in [2.24, 2.45) is 0 Å². The molecule has 0 saturated carbocycles. The van der Waals surface area contributed by atoms with Crippen LogP contribution in [0.1, 0.15) is 25.0 Å². The molecule has 2 aromatic rings. The fourth-order valence-electron chi connectivity index (χ4n) is 1.72. The van der Waals surface area contributed by atoms with E-state index in [0.717, 1.165) is 5.56 Å². The summed E-state index contributed by atoms with van der Waals surface area (Å²) < 4.78 is 19.3. The SMILES string of the molecule is Cc1ccc(Oc2cnccc2CNC(C)C)cc1F. The van der Waals surface area contributed by atoms with E-state index in [9.17, 15) is 4.39 Å². The van der Waals surface area contributed by atoms with Crippen LogP contribution in [0.5, 0.6) is 11.5 Å². The van der Waals surface area contributed by atoms with Crippen LogP contribution in [0.15, 0.2) is 36.7 Å². The second-order valence-electron chi connectivity index (χ2n) is 5.03. The van der Waals surface area contributed by atoms with Gasteiger partial charge in [0.1, 0.15) is 17.3 Å². The zero-order valence-electron chi connectivity index (χ0n) is 12.0. The Labute approximate surface area is 118 Å². The molecule has 0 bridgehead atoms. The Bertz CT molecular complexity index is 584. The molecule has 0 fully saturated rings. The van der Waals surface area contributed by atoms with Crippen molar-refractivity contribution in [3.05, 3.63) is 53.6 Å². The first-order chi connectivity index (χ1) is 9.56. The number of hydrogen-bond donors (Lipinski definition) is 1. The van der Waals surface area contributed by atoms with Crippen molar-refractivity contribution in [3.63, 3.8) is 0 Å². The van der Waals surface area contributed by atoms with E-state index in [1.165, 1.54) is 6.07 Å². The Morgan fingerprint density at radius 1 is 1.30 bits per heavy atom. The molecular weight excluding hydrogens is 255 g/mol. The third-order valence-corrected chi connectivity index (χ3v) is 2.94. The number of benzene rings is 1. The van der Waals surface area contributed by atoms with Gasteiger partial charge in [0.25, 0.3) is 0 Å². The van der Waals surface area contributed by atoms with E-state index in [1.54, 1.807) is 31.5 Å². The van der Waals surface area contributed by atoms with Crippen LogP contribution in [0.4, 0.5) is 4.39 Å². The molecule has 0 aliphatic rings. The largest absolute Gasteiger partial charge is 0.455 e. The topological polar surface area (TPSA) is 34.1 Å². The van der Waals surface area contributed by atoms with Gasteiger partial charge < -0.3 is 10.1 Å². The average molecular weight is 274 g/mol. The number of pyridine rings is 1. The third-order valence-electron chi connectivity index (χ3n) is 2.94. The number of hydrogen-bond acceptors (Lipinski definition) is 3. The highest BCUT2D eigenvalue weighted by Crippen LogP contribution is 2.25. The minimum Gasteiger partial charge on any atom is -0.455 e. The van der Waals surface area contributed by atoms with Crippen LogP contribution in [0, 0.1) is 12.7 Å². The van der Waals surface area contributed by atoms with Gasteiger partial charge in [-0.2, -0.15) is 0 Å². The molecule has 3 nitrogen and oxygen atoms in total. The molecule has 106 valence electrons. The summed E-state index contributed by atoms with van der Waals surface area (Å²) in [6.45, 7) is 6.57. The van der Waals surface area contributed by atoms with Crippen molar-refractivity contribution in [1.29, 1.82) is 0 Å². The standard InChI is InChI=1S/C16H19FN2O/c1-11(2)19-9-13-6-7-18-10-16(13)20-14-5-4-12(3)15(17)8-14/h4-8,10-11,19H,9H2,1-3H3. The molecule has 0 radical (unpaired) electrons. The first-order valence-corrected chi connectivity index (χ1v) is 6.66. The third kappa shape index (κ3) is 3.78. The maximum Gasteiger partial charge on any atom is 0.150 e. The molecule has 4 heteroatoms. The Morgan fingerprint density at radius 2 is 2.10 bits per heavy atom. The number of ether oxygens (including phenoxy) is 1. The Morgan fingerprint density at radius 3 is 2.80 bits per heavy atom. The number of nitrogens with zero attached hydrogens (tertiary/aromatic N) is 1. The second kappa shape index (κ2) is 6.48. The van der Waals surface area contributed by atoms with Gasteiger partial charge in [0.15, 0.2) is 0 Å². The van der Waals surface area contributed by atoms with Gasteiger partial charge in [-0.15, -0.1) is 0 Å². The van der Waals surface area contributed by atoms with Crippen molar-refractivity contribution in [1.82, 2.24) is 10.3 Å². The van der Waals surface area contributed by atoms with Gasteiger partial charge in [-0.3, -0.25) is 4.98 Å². The highest BCUT2D eigenvalue weighted by molar-refractivity contribution is 5.36. The number of nitrogens with one attached hydrogen (secondary N) is 1. The highest BCUT2D eigenvalue weighted by atomic mass is 19.1. The lowest BCUT2D eigenvalue weighted by Crippen LogP contribution is -2.22. The summed E-state index contributed by atoms with van der Waals surface area (Å²) in [5.74, 6) is 0.851. The number of halogens is 1. The molecule has 1 N–H and O–H groups in total. The van der Waals surface area contributed by atoms with Crippen LogP contribution in [0.25, 0.3) is 0 Å². The lowest BCUT2D eigenvalue weighted by molar-refractivity contribution is 0.461. The molecule has 1 aromatic heterocycles. The number of aromatic nitrogens is 1. The van der Waals surface area contributed by atoms with Gasteiger partial charge in [-0.05, 0) is 24.6 Å². The van der Waals surface area contributed by atoms with E-state index in [0.29, 0.717) is 29.6 Å². The van der Waals surface area contributed by atoms with Crippen molar-refractivity contribution in [2.45, 2.75) is 33.4 Å². The summed E-state index contributed by atoms with van der Waals surface area (Å²) in [6.07, 6.45) is 3.37. The molecule has 1 heterocycles. The summed E-state index contributed by atoms with van der Waals surface area (Å²) in [5.41, 5.74) is 1.60. The lowest BCUT2D eigenvalue weighted by atomic mass is 10.2. The summed E-state index contributed by atoms with van der Waals surface area (Å²) in [6, 6.07) is 7.13. The van der Waals surface area contributed by atoms with Gasteiger partial charge in [-0.1, -0.05) is 19.9 Å². The Balaban J connectivity index is 2.17. The fourth-order valence-corrected chi connectivity index (χ4v) is 1.72. The van der Waals surface area contributed by atoms with Crippen molar-refractivity contribution >= 4 is 0 Å². The molecule has 0 spiro atoms. The molecule has 1 aromatic carbocycles. The molecule has 0 saturated heterocycles. The lowest BCUT2D eigenvalue weighted by Gasteiger charge is -2.13. The smallest absolute Gasteiger partial charge is 0.150 e. The molecular formula is C16H19FN2O.